The molecule has 0 aromatic heterocycles. The van der Waals surface area contributed by atoms with Gasteiger partial charge in [-0.15, -0.1) is 0 Å². The molecule has 1 aliphatic heterocycles. The summed E-state index contributed by atoms with van der Waals surface area (Å²) in [5.41, 5.74) is -0.232. The van der Waals surface area contributed by atoms with Gasteiger partial charge in [0.05, 0.1) is 26.2 Å². The first-order valence-corrected chi connectivity index (χ1v) is 8.55. The van der Waals surface area contributed by atoms with E-state index in [4.69, 9.17) is 14.2 Å². The molecular formula is C19H25NO7. The zero-order chi connectivity index (χ0) is 20.4. The topological polar surface area (TPSA) is 102 Å². The van der Waals surface area contributed by atoms with Gasteiger partial charge < -0.3 is 19.3 Å². The number of amides is 1. The lowest BCUT2D eigenvalue weighted by Crippen LogP contribution is -2.45. The summed E-state index contributed by atoms with van der Waals surface area (Å²) in [5.74, 6) is -2.16. The quantitative estimate of drug-likeness (QED) is 0.802. The summed E-state index contributed by atoms with van der Waals surface area (Å²) in [6.45, 7) is 5.10. The van der Waals surface area contributed by atoms with Crippen molar-refractivity contribution >= 4 is 18.0 Å². The molecule has 148 valence electrons. The summed E-state index contributed by atoms with van der Waals surface area (Å²) in [4.78, 5) is 38.1. The third-order valence-corrected chi connectivity index (χ3v) is 4.35. The fraction of sp³-hybridized carbons (Fsp3) is 0.526. The minimum atomic E-state index is -1.10. The molecular weight excluding hydrogens is 354 g/mol. The summed E-state index contributed by atoms with van der Waals surface area (Å²) in [6, 6.07) is 4.79. The van der Waals surface area contributed by atoms with Gasteiger partial charge in [0.25, 0.3) is 0 Å². The van der Waals surface area contributed by atoms with Crippen molar-refractivity contribution in [3.05, 3.63) is 29.8 Å². The molecule has 0 spiro atoms. The van der Waals surface area contributed by atoms with E-state index in [9.17, 15) is 19.5 Å². The highest BCUT2D eigenvalue weighted by Crippen LogP contribution is 2.43. The van der Waals surface area contributed by atoms with Crippen molar-refractivity contribution in [3.63, 3.8) is 0 Å². The van der Waals surface area contributed by atoms with Gasteiger partial charge >= 0.3 is 18.0 Å². The number of carbonyl (C=O) groups excluding carboxylic acids is 2. The maximum atomic E-state index is 12.8. The van der Waals surface area contributed by atoms with E-state index in [-0.39, 0.29) is 6.42 Å². The third-order valence-electron chi connectivity index (χ3n) is 4.35. The Hall–Kier alpha value is -2.77. The summed E-state index contributed by atoms with van der Waals surface area (Å²) < 4.78 is 15.4. The van der Waals surface area contributed by atoms with Crippen LogP contribution in [0.1, 0.15) is 38.8 Å². The Bertz CT molecular complexity index is 708. The number of esters is 1. The molecule has 3 atom stereocenters. The molecule has 1 heterocycles. The molecule has 1 N–H and O–H groups in total. The molecule has 1 aromatic rings. The van der Waals surface area contributed by atoms with E-state index in [2.05, 4.69) is 0 Å². The van der Waals surface area contributed by atoms with Crippen LogP contribution in [-0.2, 0) is 19.1 Å². The smallest absolute Gasteiger partial charge is 0.411 e. The molecule has 1 aromatic carbocycles. The van der Waals surface area contributed by atoms with Crippen molar-refractivity contribution in [3.8, 4) is 5.75 Å². The number of carboxylic acids is 1. The van der Waals surface area contributed by atoms with Gasteiger partial charge in [0, 0.05) is 0 Å². The predicted octanol–water partition coefficient (Wildman–Crippen LogP) is 2.62. The lowest BCUT2D eigenvalue weighted by molar-refractivity contribution is -0.146. The molecule has 3 unspecified atom stereocenters. The molecule has 2 rings (SSSR count). The zero-order valence-electron chi connectivity index (χ0n) is 16.1. The lowest BCUT2D eigenvalue weighted by atomic mass is 9.93. The second-order valence-electron chi connectivity index (χ2n) is 7.32. The van der Waals surface area contributed by atoms with Gasteiger partial charge in [-0.05, 0) is 44.9 Å². The van der Waals surface area contributed by atoms with Crippen LogP contribution < -0.4 is 4.74 Å². The van der Waals surface area contributed by atoms with Gasteiger partial charge in [-0.3, -0.25) is 9.69 Å². The van der Waals surface area contributed by atoms with Crippen molar-refractivity contribution in [1.82, 2.24) is 4.90 Å². The van der Waals surface area contributed by atoms with Gasteiger partial charge in [-0.2, -0.15) is 0 Å². The summed E-state index contributed by atoms with van der Waals surface area (Å²) in [6.07, 6.45) is -0.819. The maximum Gasteiger partial charge on any atom is 0.411 e. The van der Waals surface area contributed by atoms with Crippen LogP contribution in [0.3, 0.4) is 0 Å². The van der Waals surface area contributed by atoms with Crippen molar-refractivity contribution in [2.75, 3.05) is 14.2 Å². The van der Waals surface area contributed by atoms with Crippen LogP contribution in [0.5, 0.6) is 5.75 Å². The number of methoxy groups -OCH3 is 2. The molecule has 1 amide bonds. The molecule has 0 aliphatic carbocycles. The fourth-order valence-electron chi connectivity index (χ4n) is 3.20. The number of hydrogen-bond acceptors (Lipinski definition) is 6. The van der Waals surface area contributed by atoms with Crippen LogP contribution in [0.4, 0.5) is 4.79 Å². The Kier molecular flexibility index (Phi) is 5.98. The molecule has 8 nitrogen and oxygen atoms in total. The highest BCUT2D eigenvalue weighted by molar-refractivity contribution is 5.85. The number of rotatable bonds is 4. The van der Waals surface area contributed by atoms with Crippen LogP contribution in [0, 0.1) is 5.92 Å². The Labute approximate surface area is 158 Å². The summed E-state index contributed by atoms with van der Waals surface area (Å²) in [5, 5.41) is 9.69. The standard InChI is InChI=1S/C19H25NO7/c1-19(2,3)27-18(24)20-14(17(23)26-5)10-13(16(21)22)15(20)11-6-8-12(25-4)9-7-11/h6-9,13-15H,10H2,1-5H3,(H,21,22). The number of hydrogen-bond donors (Lipinski definition) is 1. The number of likely N-dealkylation sites (tertiary alicyclic amines) is 1. The molecule has 0 radical (unpaired) electrons. The van der Waals surface area contributed by atoms with Crippen LogP contribution in [0.15, 0.2) is 24.3 Å². The average Bonchev–Trinajstić information content (AvgIpc) is 3.00. The molecule has 0 bridgehead atoms. The number of carboxylic acid groups (broad SMARTS) is 1. The van der Waals surface area contributed by atoms with E-state index in [1.54, 1.807) is 45.0 Å². The monoisotopic (exact) mass is 379 g/mol. The van der Waals surface area contributed by atoms with Crippen LogP contribution in [0.25, 0.3) is 0 Å². The van der Waals surface area contributed by atoms with E-state index in [1.807, 2.05) is 0 Å². The van der Waals surface area contributed by atoms with Gasteiger partial charge in [0.15, 0.2) is 0 Å². The molecule has 8 heteroatoms. The van der Waals surface area contributed by atoms with Crippen LogP contribution in [-0.4, -0.2) is 53.9 Å². The fourth-order valence-corrected chi connectivity index (χ4v) is 3.20. The normalized spacial score (nSPS) is 22.3. The second-order valence-corrected chi connectivity index (χ2v) is 7.32. The predicted molar refractivity (Wildman–Crippen MR) is 95.4 cm³/mol. The molecule has 1 fully saturated rings. The van der Waals surface area contributed by atoms with Gasteiger partial charge in [-0.25, -0.2) is 9.59 Å². The van der Waals surface area contributed by atoms with E-state index in [0.29, 0.717) is 11.3 Å². The molecule has 27 heavy (non-hydrogen) atoms. The highest BCUT2D eigenvalue weighted by atomic mass is 16.6. The first-order valence-electron chi connectivity index (χ1n) is 8.55. The highest BCUT2D eigenvalue weighted by Gasteiger charge is 2.52. The van der Waals surface area contributed by atoms with E-state index in [0.717, 1.165) is 0 Å². The number of carbonyl (C=O) groups is 3. The van der Waals surface area contributed by atoms with Gasteiger partial charge in [0.2, 0.25) is 0 Å². The maximum absolute atomic E-state index is 12.8. The first-order chi connectivity index (χ1) is 12.6. The van der Waals surface area contributed by atoms with Crippen molar-refractivity contribution in [2.45, 2.75) is 44.9 Å². The Morgan fingerprint density at radius 2 is 1.70 bits per heavy atom. The summed E-state index contributed by atoms with van der Waals surface area (Å²) >= 11 is 0. The number of ether oxygens (including phenoxy) is 3. The van der Waals surface area contributed by atoms with E-state index >= 15 is 0 Å². The van der Waals surface area contributed by atoms with Crippen molar-refractivity contribution < 1.29 is 33.7 Å². The Morgan fingerprint density at radius 3 is 2.15 bits per heavy atom. The number of nitrogens with zero attached hydrogens (tertiary/aromatic N) is 1. The van der Waals surface area contributed by atoms with E-state index < -0.39 is 41.6 Å². The summed E-state index contributed by atoms with van der Waals surface area (Å²) in [7, 11) is 2.72. The van der Waals surface area contributed by atoms with Crippen molar-refractivity contribution in [2.24, 2.45) is 5.92 Å². The van der Waals surface area contributed by atoms with Crippen molar-refractivity contribution in [1.29, 1.82) is 0 Å². The lowest BCUT2D eigenvalue weighted by Gasteiger charge is -2.32. The SMILES string of the molecule is COC(=O)C1CC(C(=O)O)C(c2ccc(OC)cc2)N1C(=O)OC(C)(C)C. The number of aliphatic carboxylic acids is 1. The zero-order valence-corrected chi connectivity index (χ0v) is 16.1. The van der Waals surface area contributed by atoms with Gasteiger partial charge in [0.1, 0.15) is 17.4 Å². The largest absolute Gasteiger partial charge is 0.497 e. The minimum Gasteiger partial charge on any atom is -0.497 e. The molecule has 1 saturated heterocycles. The van der Waals surface area contributed by atoms with E-state index in [1.165, 1.54) is 19.1 Å². The first kappa shape index (κ1) is 20.5. The second kappa shape index (κ2) is 7.85. The Balaban J connectivity index is 2.51. The van der Waals surface area contributed by atoms with Crippen LogP contribution >= 0.6 is 0 Å². The average molecular weight is 379 g/mol. The minimum absolute atomic E-state index is 0.0576. The Morgan fingerprint density at radius 1 is 1.11 bits per heavy atom. The van der Waals surface area contributed by atoms with Crippen LogP contribution in [0.2, 0.25) is 0 Å². The number of benzene rings is 1. The third kappa shape index (κ3) is 4.50. The molecule has 0 saturated carbocycles. The van der Waals surface area contributed by atoms with Gasteiger partial charge in [-0.1, -0.05) is 12.1 Å². The molecule has 1 aliphatic rings.